The molecule has 2 rings (SSSR count). The minimum absolute atomic E-state index is 0.0912. The quantitative estimate of drug-likeness (QED) is 0.670. The summed E-state index contributed by atoms with van der Waals surface area (Å²) in [5, 5.41) is 14.2. The maximum absolute atomic E-state index is 11.5. The van der Waals surface area contributed by atoms with Crippen molar-refractivity contribution in [2.24, 2.45) is 0 Å². The summed E-state index contributed by atoms with van der Waals surface area (Å²) in [6.45, 7) is 3.96. The lowest BCUT2D eigenvalue weighted by Crippen LogP contribution is -2.05. The Morgan fingerprint density at radius 2 is 1.87 bits per heavy atom. The van der Waals surface area contributed by atoms with E-state index in [1.807, 2.05) is 13.0 Å². The average Bonchev–Trinajstić information content (AvgIpc) is 2.46. The van der Waals surface area contributed by atoms with Crippen molar-refractivity contribution in [3.05, 3.63) is 63.2 Å². The predicted octanol–water partition coefficient (Wildman–Crippen LogP) is 3.23. The Morgan fingerprint density at radius 1 is 1.17 bits per heavy atom. The number of benzene rings is 2. The summed E-state index contributed by atoms with van der Waals surface area (Å²) in [6, 6.07) is 9.82. The normalized spacial score (nSPS) is 11.3. The van der Waals surface area contributed by atoms with Crippen LogP contribution in [0.4, 0.5) is 11.4 Å². The van der Waals surface area contributed by atoms with Gasteiger partial charge in [0.15, 0.2) is 9.84 Å². The van der Waals surface area contributed by atoms with Gasteiger partial charge in [-0.3, -0.25) is 10.1 Å². The Kier molecular flexibility index (Phi) is 4.70. The number of nitro benzene ring substituents is 1. The van der Waals surface area contributed by atoms with Crippen molar-refractivity contribution in [2.75, 3.05) is 11.6 Å². The van der Waals surface area contributed by atoms with Gasteiger partial charge in [-0.2, -0.15) is 0 Å². The fourth-order valence-electron chi connectivity index (χ4n) is 2.31. The largest absolute Gasteiger partial charge is 0.381 e. The molecule has 0 aromatic heterocycles. The van der Waals surface area contributed by atoms with E-state index < -0.39 is 14.8 Å². The molecule has 0 bridgehead atoms. The Hall–Kier alpha value is -2.41. The fourth-order valence-corrected chi connectivity index (χ4v) is 3.02. The maximum Gasteiger partial charge on any atom is 0.272 e. The van der Waals surface area contributed by atoms with Crippen molar-refractivity contribution in [1.82, 2.24) is 0 Å². The summed E-state index contributed by atoms with van der Waals surface area (Å²) in [5.74, 6) is 0. The van der Waals surface area contributed by atoms with E-state index in [-0.39, 0.29) is 10.6 Å². The molecular formula is C16H18N2O4S. The van der Waals surface area contributed by atoms with Crippen LogP contribution in [0.2, 0.25) is 0 Å². The molecule has 2 aromatic carbocycles. The van der Waals surface area contributed by atoms with Gasteiger partial charge < -0.3 is 5.32 Å². The first-order valence-corrected chi connectivity index (χ1v) is 8.87. The molecule has 0 aliphatic carbocycles. The van der Waals surface area contributed by atoms with Gasteiger partial charge in [0.1, 0.15) is 0 Å². The van der Waals surface area contributed by atoms with Crippen LogP contribution >= 0.6 is 0 Å². The molecule has 0 aliphatic rings. The number of nitro groups is 1. The number of aryl methyl sites for hydroxylation is 1. The first-order chi connectivity index (χ1) is 10.7. The van der Waals surface area contributed by atoms with Crippen LogP contribution in [0.3, 0.4) is 0 Å². The number of sulfone groups is 1. The zero-order valence-electron chi connectivity index (χ0n) is 13.2. The summed E-state index contributed by atoms with van der Waals surface area (Å²) in [4.78, 5) is 10.8. The van der Waals surface area contributed by atoms with E-state index in [1.54, 1.807) is 31.2 Å². The monoisotopic (exact) mass is 334 g/mol. The summed E-state index contributed by atoms with van der Waals surface area (Å²) in [7, 11) is -3.23. The van der Waals surface area contributed by atoms with Crippen molar-refractivity contribution < 1.29 is 13.3 Å². The maximum atomic E-state index is 11.5. The van der Waals surface area contributed by atoms with Gasteiger partial charge in [0.25, 0.3) is 5.69 Å². The molecule has 1 N–H and O–H groups in total. The molecule has 2 aromatic rings. The summed E-state index contributed by atoms with van der Waals surface area (Å²) < 4.78 is 23.1. The first kappa shape index (κ1) is 17.0. The third-order valence-corrected chi connectivity index (χ3v) is 4.82. The smallest absolute Gasteiger partial charge is 0.272 e. The van der Waals surface area contributed by atoms with E-state index in [0.29, 0.717) is 12.1 Å². The summed E-state index contributed by atoms with van der Waals surface area (Å²) in [6.07, 6.45) is 1.17. The molecule has 0 unspecified atom stereocenters. The van der Waals surface area contributed by atoms with Crippen molar-refractivity contribution in [3.8, 4) is 0 Å². The number of hydrogen-bond donors (Lipinski definition) is 1. The van der Waals surface area contributed by atoms with E-state index in [2.05, 4.69) is 5.32 Å². The predicted molar refractivity (Wildman–Crippen MR) is 89.4 cm³/mol. The molecule has 0 saturated heterocycles. The molecule has 0 amide bonds. The van der Waals surface area contributed by atoms with Crippen molar-refractivity contribution in [2.45, 2.75) is 25.3 Å². The van der Waals surface area contributed by atoms with Crippen LogP contribution < -0.4 is 5.32 Å². The van der Waals surface area contributed by atoms with E-state index in [0.717, 1.165) is 16.8 Å². The number of hydrogen-bond acceptors (Lipinski definition) is 5. The van der Waals surface area contributed by atoms with E-state index >= 15 is 0 Å². The van der Waals surface area contributed by atoms with Crippen LogP contribution in [-0.2, 0) is 16.4 Å². The van der Waals surface area contributed by atoms with Crippen LogP contribution in [0, 0.1) is 24.0 Å². The van der Waals surface area contributed by atoms with Crippen LogP contribution in [0.15, 0.2) is 41.3 Å². The highest BCUT2D eigenvalue weighted by atomic mass is 32.2. The van der Waals surface area contributed by atoms with Crippen LogP contribution in [0.5, 0.6) is 0 Å². The Balaban J connectivity index is 2.22. The Morgan fingerprint density at radius 3 is 2.43 bits per heavy atom. The van der Waals surface area contributed by atoms with Crippen molar-refractivity contribution in [3.63, 3.8) is 0 Å². The second-order valence-electron chi connectivity index (χ2n) is 5.42. The summed E-state index contributed by atoms with van der Waals surface area (Å²) in [5.41, 5.74) is 3.13. The number of nitrogens with zero attached hydrogens (tertiary/aromatic N) is 1. The van der Waals surface area contributed by atoms with Crippen LogP contribution in [-0.4, -0.2) is 19.6 Å². The van der Waals surface area contributed by atoms with Crippen LogP contribution in [0.25, 0.3) is 0 Å². The van der Waals surface area contributed by atoms with Crippen molar-refractivity contribution >= 4 is 21.2 Å². The van der Waals surface area contributed by atoms with Crippen molar-refractivity contribution in [1.29, 1.82) is 0 Å². The molecule has 0 radical (unpaired) electrons. The van der Waals surface area contributed by atoms with Gasteiger partial charge in [0, 0.05) is 30.1 Å². The summed E-state index contributed by atoms with van der Waals surface area (Å²) >= 11 is 0. The molecule has 0 atom stereocenters. The Labute approximate surface area is 135 Å². The SMILES string of the molecule is Cc1cc(S(C)(=O)=O)ccc1NCc1cccc([N+](=O)[O-])c1C. The van der Waals surface area contributed by atoms with Gasteiger partial charge in [-0.15, -0.1) is 0 Å². The lowest BCUT2D eigenvalue weighted by atomic mass is 10.1. The van der Waals surface area contributed by atoms with E-state index in [1.165, 1.54) is 12.3 Å². The lowest BCUT2D eigenvalue weighted by molar-refractivity contribution is -0.385. The zero-order valence-corrected chi connectivity index (χ0v) is 14.0. The lowest BCUT2D eigenvalue weighted by Gasteiger charge is -2.12. The number of anilines is 1. The minimum atomic E-state index is -3.23. The highest BCUT2D eigenvalue weighted by Crippen LogP contribution is 2.24. The molecule has 0 aliphatic heterocycles. The Bertz CT molecular complexity index is 860. The molecule has 7 heteroatoms. The highest BCUT2D eigenvalue weighted by Gasteiger charge is 2.13. The van der Waals surface area contributed by atoms with Gasteiger partial charge >= 0.3 is 0 Å². The zero-order chi connectivity index (χ0) is 17.2. The molecule has 0 fully saturated rings. The fraction of sp³-hybridized carbons (Fsp3) is 0.250. The number of nitrogens with one attached hydrogen (secondary N) is 1. The number of rotatable bonds is 5. The first-order valence-electron chi connectivity index (χ1n) is 6.97. The van der Waals surface area contributed by atoms with Gasteiger partial charge in [0.05, 0.1) is 9.82 Å². The minimum Gasteiger partial charge on any atom is -0.381 e. The average molecular weight is 334 g/mol. The van der Waals surface area contributed by atoms with Gasteiger partial charge in [0.2, 0.25) is 0 Å². The van der Waals surface area contributed by atoms with Gasteiger partial charge in [-0.05, 0) is 43.2 Å². The second-order valence-corrected chi connectivity index (χ2v) is 7.44. The second kappa shape index (κ2) is 6.37. The third-order valence-electron chi connectivity index (χ3n) is 3.71. The molecule has 0 spiro atoms. The van der Waals surface area contributed by atoms with Gasteiger partial charge in [-0.25, -0.2) is 8.42 Å². The van der Waals surface area contributed by atoms with E-state index in [4.69, 9.17) is 0 Å². The third kappa shape index (κ3) is 3.87. The molecule has 0 saturated carbocycles. The molecular weight excluding hydrogens is 316 g/mol. The van der Waals surface area contributed by atoms with Gasteiger partial charge in [-0.1, -0.05) is 12.1 Å². The molecule has 6 nitrogen and oxygen atoms in total. The van der Waals surface area contributed by atoms with E-state index in [9.17, 15) is 18.5 Å². The molecule has 0 heterocycles. The topological polar surface area (TPSA) is 89.3 Å². The molecule has 122 valence electrons. The standard InChI is InChI=1S/C16H18N2O4S/c1-11-9-14(23(3,21)22)7-8-15(11)17-10-13-5-4-6-16(12(13)2)18(19)20/h4-9,17H,10H2,1-3H3. The highest BCUT2D eigenvalue weighted by molar-refractivity contribution is 7.90. The van der Waals surface area contributed by atoms with Crippen LogP contribution in [0.1, 0.15) is 16.7 Å². The molecule has 23 heavy (non-hydrogen) atoms.